The fourth-order valence-corrected chi connectivity index (χ4v) is 2.93. The Morgan fingerprint density at radius 3 is 2.54 bits per heavy atom. The molecule has 0 aliphatic heterocycles. The van der Waals surface area contributed by atoms with Gasteiger partial charge in [0.25, 0.3) is 0 Å². The highest BCUT2D eigenvalue weighted by molar-refractivity contribution is 5.77. The highest BCUT2D eigenvalue weighted by Crippen LogP contribution is 2.17. The maximum atomic E-state index is 6.02. The number of aliphatic imine (C=N–C) groups is 1. The molecule has 0 fully saturated rings. The van der Waals surface area contributed by atoms with E-state index in [0.717, 1.165) is 35.6 Å². The summed E-state index contributed by atoms with van der Waals surface area (Å²) in [5.41, 5.74) is 11.5. The lowest BCUT2D eigenvalue weighted by Gasteiger charge is -2.10. The minimum absolute atomic E-state index is 0.462. The molecule has 0 atom stereocenters. The standard InChI is InChI=1S/C21H25N5/c1-16-14-17(2)26(25-16)20-11-7-6-10-19(20)15-24-21(22)23-13-12-18-8-4-3-5-9-18/h3-11,14H,12-13,15H2,1-2H3,(H3,22,23,24). The number of guanidine groups is 1. The summed E-state index contributed by atoms with van der Waals surface area (Å²) in [6, 6.07) is 20.5. The van der Waals surface area contributed by atoms with Crippen molar-refractivity contribution in [2.75, 3.05) is 6.54 Å². The van der Waals surface area contributed by atoms with Crippen LogP contribution >= 0.6 is 0 Å². The molecule has 0 radical (unpaired) electrons. The molecule has 134 valence electrons. The molecule has 1 heterocycles. The number of aryl methyl sites for hydroxylation is 2. The monoisotopic (exact) mass is 347 g/mol. The molecule has 2 aromatic carbocycles. The van der Waals surface area contributed by atoms with Gasteiger partial charge in [-0.05, 0) is 43.5 Å². The van der Waals surface area contributed by atoms with Gasteiger partial charge in [0.1, 0.15) is 0 Å². The second kappa shape index (κ2) is 8.34. The van der Waals surface area contributed by atoms with Gasteiger partial charge in [-0.25, -0.2) is 9.67 Å². The third kappa shape index (κ3) is 4.51. The summed E-state index contributed by atoms with van der Waals surface area (Å²) in [6.45, 7) is 5.33. The Hall–Kier alpha value is -3.08. The van der Waals surface area contributed by atoms with Gasteiger partial charge in [-0.1, -0.05) is 48.5 Å². The fraction of sp³-hybridized carbons (Fsp3) is 0.238. The Morgan fingerprint density at radius 1 is 1.08 bits per heavy atom. The number of rotatable bonds is 6. The molecule has 0 saturated heterocycles. The van der Waals surface area contributed by atoms with Crippen molar-refractivity contribution in [1.82, 2.24) is 15.1 Å². The molecule has 1 aromatic heterocycles. The number of aromatic nitrogens is 2. The number of benzene rings is 2. The second-order valence-corrected chi connectivity index (χ2v) is 6.33. The maximum Gasteiger partial charge on any atom is 0.188 e. The van der Waals surface area contributed by atoms with Gasteiger partial charge in [-0.15, -0.1) is 0 Å². The lowest BCUT2D eigenvalue weighted by molar-refractivity contribution is 0.813. The molecule has 0 aliphatic carbocycles. The van der Waals surface area contributed by atoms with Crippen molar-refractivity contribution in [3.8, 4) is 5.69 Å². The Kier molecular flexibility index (Phi) is 5.69. The third-order valence-electron chi connectivity index (χ3n) is 4.21. The van der Waals surface area contributed by atoms with Crippen molar-refractivity contribution in [3.05, 3.63) is 83.2 Å². The molecule has 26 heavy (non-hydrogen) atoms. The second-order valence-electron chi connectivity index (χ2n) is 6.33. The lowest BCUT2D eigenvalue weighted by atomic mass is 10.1. The van der Waals surface area contributed by atoms with Gasteiger partial charge >= 0.3 is 0 Å². The highest BCUT2D eigenvalue weighted by Gasteiger charge is 2.08. The quantitative estimate of drug-likeness (QED) is 0.532. The van der Waals surface area contributed by atoms with Crippen molar-refractivity contribution < 1.29 is 0 Å². The zero-order chi connectivity index (χ0) is 18.4. The van der Waals surface area contributed by atoms with Crippen LogP contribution in [-0.4, -0.2) is 22.3 Å². The van der Waals surface area contributed by atoms with E-state index in [1.165, 1.54) is 5.56 Å². The molecule has 3 rings (SSSR count). The molecule has 0 unspecified atom stereocenters. The van der Waals surface area contributed by atoms with Crippen LogP contribution in [0.5, 0.6) is 0 Å². The average Bonchev–Trinajstić information content (AvgIpc) is 2.99. The fourth-order valence-electron chi connectivity index (χ4n) is 2.93. The van der Waals surface area contributed by atoms with Crippen LogP contribution in [0.4, 0.5) is 0 Å². The van der Waals surface area contributed by atoms with E-state index in [-0.39, 0.29) is 0 Å². The van der Waals surface area contributed by atoms with Gasteiger partial charge < -0.3 is 11.1 Å². The smallest absolute Gasteiger partial charge is 0.188 e. The van der Waals surface area contributed by atoms with Gasteiger partial charge in [0.15, 0.2) is 5.96 Å². The third-order valence-corrected chi connectivity index (χ3v) is 4.21. The lowest BCUT2D eigenvalue weighted by Crippen LogP contribution is -2.33. The van der Waals surface area contributed by atoms with E-state index in [0.29, 0.717) is 12.5 Å². The van der Waals surface area contributed by atoms with E-state index in [9.17, 15) is 0 Å². The van der Waals surface area contributed by atoms with E-state index in [2.05, 4.69) is 52.7 Å². The number of nitrogens with zero attached hydrogens (tertiary/aromatic N) is 3. The summed E-state index contributed by atoms with van der Waals surface area (Å²) in [7, 11) is 0. The summed E-state index contributed by atoms with van der Waals surface area (Å²) in [4.78, 5) is 4.49. The number of hydrogen-bond donors (Lipinski definition) is 2. The number of hydrogen-bond acceptors (Lipinski definition) is 2. The summed E-state index contributed by atoms with van der Waals surface area (Å²) in [5.74, 6) is 0.462. The molecule has 0 spiro atoms. The molecule has 5 heteroatoms. The van der Waals surface area contributed by atoms with Crippen LogP contribution in [-0.2, 0) is 13.0 Å². The van der Waals surface area contributed by atoms with Crippen LogP contribution in [0.25, 0.3) is 5.69 Å². The predicted molar refractivity (Wildman–Crippen MR) is 107 cm³/mol. The Labute approximate surface area is 154 Å². The van der Waals surface area contributed by atoms with Crippen LogP contribution in [0.3, 0.4) is 0 Å². The first-order valence-electron chi connectivity index (χ1n) is 8.83. The molecular weight excluding hydrogens is 322 g/mol. The summed E-state index contributed by atoms with van der Waals surface area (Å²) >= 11 is 0. The first-order chi connectivity index (χ1) is 12.6. The van der Waals surface area contributed by atoms with Gasteiger partial charge in [0, 0.05) is 12.2 Å². The Balaban J connectivity index is 1.63. The first kappa shape index (κ1) is 17.7. The molecule has 0 bridgehead atoms. The normalized spacial score (nSPS) is 11.5. The largest absolute Gasteiger partial charge is 0.370 e. The summed E-state index contributed by atoms with van der Waals surface area (Å²) < 4.78 is 1.96. The van der Waals surface area contributed by atoms with Crippen LogP contribution in [0.15, 0.2) is 65.7 Å². The molecular formula is C21H25N5. The van der Waals surface area contributed by atoms with Crippen LogP contribution in [0.1, 0.15) is 22.5 Å². The van der Waals surface area contributed by atoms with Gasteiger partial charge in [0.05, 0.1) is 17.9 Å². The SMILES string of the molecule is Cc1cc(C)n(-c2ccccc2CN=C(N)NCCc2ccccc2)n1. The van der Waals surface area contributed by atoms with E-state index in [1.54, 1.807) is 0 Å². The van der Waals surface area contributed by atoms with Crippen molar-refractivity contribution in [1.29, 1.82) is 0 Å². The van der Waals surface area contributed by atoms with Crippen molar-refractivity contribution in [2.45, 2.75) is 26.8 Å². The van der Waals surface area contributed by atoms with Crippen LogP contribution in [0.2, 0.25) is 0 Å². The topological polar surface area (TPSA) is 68.2 Å². The van der Waals surface area contributed by atoms with Crippen LogP contribution in [0, 0.1) is 13.8 Å². The number of para-hydroxylation sites is 1. The van der Waals surface area contributed by atoms with Crippen molar-refractivity contribution in [2.24, 2.45) is 10.7 Å². The minimum atomic E-state index is 0.462. The van der Waals surface area contributed by atoms with Crippen LogP contribution < -0.4 is 11.1 Å². The minimum Gasteiger partial charge on any atom is -0.370 e. The molecule has 3 aromatic rings. The predicted octanol–water partition coefficient (Wildman–Crippen LogP) is 3.14. The maximum absolute atomic E-state index is 6.02. The molecule has 5 nitrogen and oxygen atoms in total. The van der Waals surface area contributed by atoms with Gasteiger partial charge in [-0.2, -0.15) is 5.10 Å². The van der Waals surface area contributed by atoms with E-state index >= 15 is 0 Å². The first-order valence-corrected chi connectivity index (χ1v) is 8.83. The van der Waals surface area contributed by atoms with Gasteiger partial charge in [-0.3, -0.25) is 0 Å². The van der Waals surface area contributed by atoms with Crippen molar-refractivity contribution in [3.63, 3.8) is 0 Å². The van der Waals surface area contributed by atoms with Gasteiger partial charge in [0.2, 0.25) is 0 Å². The Bertz CT molecular complexity index is 880. The van der Waals surface area contributed by atoms with E-state index in [1.807, 2.05) is 41.9 Å². The summed E-state index contributed by atoms with van der Waals surface area (Å²) in [6.07, 6.45) is 0.916. The van der Waals surface area contributed by atoms with Crippen molar-refractivity contribution >= 4 is 5.96 Å². The summed E-state index contributed by atoms with van der Waals surface area (Å²) in [5, 5.41) is 7.75. The number of nitrogens with one attached hydrogen (secondary N) is 1. The zero-order valence-corrected chi connectivity index (χ0v) is 15.3. The molecule has 0 saturated carbocycles. The highest BCUT2D eigenvalue weighted by atomic mass is 15.3. The average molecular weight is 347 g/mol. The molecule has 0 amide bonds. The Morgan fingerprint density at radius 2 is 1.81 bits per heavy atom. The number of nitrogens with two attached hydrogens (primary N) is 1. The molecule has 0 aliphatic rings. The van der Waals surface area contributed by atoms with E-state index < -0.39 is 0 Å². The zero-order valence-electron chi connectivity index (χ0n) is 15.3. The molecule has 3 N–H and O–H groups in total. The van der Waals surface area contributed by atoms with E-state index in [4.69, 9.17) is 5.73 Å².